The van der Waals surface area contributed by atoms with Crippen LogP contribution in [0.1, 0.15) is 54.5 Å². The first-order valence-electron chi connectivity index (χ1n) is 8.24. The quantitative estimate of drug-likeness (QED) is 0.923. The Morgan fingerprint density at radius 1 is 1.35 bits per heavy atom. The molecule has 1 aromatic carbocycles. The number of hydrogen-bond acceptors (Lipinski definition) is 3. The number of nitrogens with one attached hydrogen (secondary N) is 1. The molecular weight excluding hydrogens is 290 g/mol. The fourth-order valence-electron chi connectivity index (χ4n) is 2.93. The van der Waals surface area contributed by atoms with Crippen molar-refractivity contribution in [3.8, 4) is 0 Å². The van der Waals surface area contributed by atoms with Crippen LogP contribution in [0.25, 0.3) is 0 Å². The first-order valence-corrected chi connectivity index (χ1v) is 8.24. The van der Waals surface area contributed by atoms with Crippen LogP contribution in [-0.4, -0.2) is 21.5 Å². The van der Waals surface area contributed by atoms with Crippen molar-refractivity contribution < 1.29 is 9.53 Å². The van der Waals surface area contributed by atoms with E-state index in [4.69, 9.17) is 4.74 Å². The highest BCUT2D eigenvalue weighted by atomic mass is 16.5. The number of hydrogen-bond donors (Lipinski definition) is 1. The first kappa shape index (κ1) is 15.7. The van der Waals surface area contributed by atoms with Crippen LogP contribution >= 0.6 is 0 Å². The second-order valence-corrected chi connectivity index (χ2v) is 5.89. The standard InChI is InChI=1S/C18H23N3O2/c1-3-14(4-2)20-18(22)17-15-11-23-16(10-21(15)12-19-17)13-8-6-5-7-9-13/h5-9,12,14,16H,3-4,10-11H2,1-2H3,(H,20,22)/t16-/m1/s1. The van der Waals surface area contributed by atoms with Gasteiger partial charge in [0.2, 0.25) is 0 Å². The summed E-state index contributed by atoms with van der Waals surface area (Å²) in [6.07, 6.45) is 3.60. The number of ether oxygens (including phenoxy) is 1. The van der Waals surface area contributed by atoms with Gasteiger partial charge in [0.25, 0.3) is 5.91 Å². The molecule has 0 aliphatic carbocycles. The van der Waals surface area contributed by atoms with E-state index in [1.54, 1.807) is 6.33 Å². The maximum atomic E-state index is 12.4. The SMILES string of the molecule is CCC(CC)NC(=O)c1ncn2c1CO[C@@H](c1ccccc1)C2. The lowest BCUT2D eigenvalue weighted by Gasteiger charge is -2.25. The number of aromatic nitrogens is 2. The molecule has 1 aromatic heterocycles. The molecule has 2 aromatic rings. The summed E-state index contributed by atoms with van der Waals surface area (Å²) in [5, 5.41) is 3.04. The van der Waals surface area contributed by atoms with Gasteiger partial charge in [0.15, 0.2) is 5.69 Å². The van der Waals surface area contributed by atoms with Crippen molar-refractivity contribution in [2.75, 3.05) is 0 Å². The largest absolute Gasteiger partial charge is 0.365 e. The molecule has 1 N–H and O–H groups in total. The van der Waals surface area contributed by atoms with E-state index in [0.29, 0.717) is 18.8 Å². The van der Waals surface area contributed by atoms with Gasteiger partial charge in [-0.1, -0.05) is 44.2 Å². The van der Waals surface area contributed by atoms with Gasteiger partial charge in [-0.05, 0) is 18.4 Å². The summed E-state index contributed by atoms with van der Waals surface area (Å²) in [5.74, 6) is -0.103. The predicted octanol–water partition coefficient (Wildman–Crippen LogP) is 3.07. The molecule has 1 atom stereocenters. The summed E-state index contributed by atoms with van der Waals surface area (Å²) < 4.78 is 7.99. The van der Waals surface area contributed by atoms with Crippen LogP contribution in [0.3, 0.4) is 0 Å². The highest BCUT2D eigenvalue weighted by Gasteiger charge is 2.26. The Morgan fingerprint density at radius 3 is 2.78 bits per heavy atom. The third kappa shape index (κ3) is 3.29. The molecule has 0 spiro atoms. The second kappa shape index (κ2) is 6.96. The molecule has 5 nitrogen and oxygen atoms in total. The summed E-state index contributed by atoms with van der Waals surface area (Å²) in [6.45, 7) is 5.24. The van der Waals surface area contributed by atoms with Crippen molar-refractivity contribution in [3.63, 3.8) is 0 Å². The summed E-state index contributed by atoms with van der Waals surface area (Å²) in [6, 6.07) is 10.3. The maximum absolute atomic E-state index is 12.4. The van der Waals surface area contributed by atoms with Crippen LogP contribution < -0.4 is 5.32 Å². The van der Waals surface area contributed by atoms with Crippen molar-refractivity contribution in [3.05, 3.63) is 53.6 Å². The van der Waals surface area contributed by atoms with Crippen LogP contribution in [0.4, 0.5) is 0 Å². The lowest BCUT2D eigenvalue weighted by molar-refractivity contribution is 0.00256. The molecule has 2 heterocycles. The smallest absolute Gasteiger partial charge is 0.272 e. The van der Waals surface area contributed by atoms with Crippen molar-refractivity contribution in [1.82, 2.24) is 14.9 Å². The zero-order chi connectivity index (χ0) is 16.2. The number of amides is 1. The molecule has 1 amide bonds. The minimum Gasteiger partial charge on any atom is -0.365 e. The number of carbonyl (C=O) groups excluding carboxylic acids is 1. The van der Waals surface area contributed by atoms with Gasteiger partial charge in [0.1, 0.15) is 6.10 Å². The van der Waals surface area contributed by atoms with Gasteiger partial charge < -0.3 is 14.6 Å². The molecule has 122 valence electrons. The lowest BCUT2D eigenvalue weighted by atomic mass is 10.1. The number of imidazole rings is 1. The van der Waals surface area contributed by atoms with E-state index in [1.807, 2.05) is 22.8 Å². The molecule has 0 bridgehead atoms. The van der Waals surface area contributed by atoms with Gasteiger partial charge >= 0.3 is 0 Å². The summed E-state index contributed by atoms with van der Waals surface area (Å²) in [5.41, 5.74) is 2.50. The van der Waals surface area contributed by atoms with Gasteiger partial charge in [0.05, 0.1) is 25.2 Å². The van der Waals surface area contributed by atoms with E-state index >= 15 is 0 Å². The molecule has 0 saturated heterocycles. The Balaban J connectivity index is 1.74. The molecule has 1 aliphatic rings. The van der Waals surface area contributed by atoms with Gasteiger partial charge in [-0.25, -0.2) is 4.98 Å². The normalized spacial score (nSPS) is 17.1. The third-order valence-electron chi connectivity index (χ3n) is 4.44. The minimum atomic E-state index is -0.103. The molecule has 1 aliphatic heterocycles. The van der Waals surface area contributed by atoms with Crippen molar-refractivity contribution in [1.29, 1.82) is 0 Å². The van der Waals surface area contributed by atoms with Crippen LogP contribution in [0.2, 0.25) is 0 Å². The molecule has 0 unspecified atom stereocenters. The van der Waals surface area contributed by atoms with E-state index in [0.717, 1.165) is 24.1 Å². The van der Waals surface area contributed by atoms with Crippen LogP contribution in [0, 0.1) is 0 Å². The van der Waals surface area contributed by atoms with E-state index in [2.05, 4.69) is 36.3 Å². The van der Waals surface area contributed by atoms with E-state index in [-0.39, 0.29) is 18.1 Å². The molecule has 0 saturated carbocycles. The molecule has 0 fully saturated rings. The van der Waals surface area contributed by atoms with Crippen molar-refractivity contribution >= 4 is 5.91 Å². The highest BCUT2D eigenvalue weighted by Crippen LogP contribution is 2.27. The number of rotatable bonds is 5. The third-order valence-corrected chi connectivity index (χ3v) is 4.44. The van der Waals surface area contributed by atoms with Gasteiger partial charge in [0, 0.05) is 6.04 Å². The van der Waals surface area contributed by atoms with Gasteiger partial charge in [-0.15, -0.1) is 0 Å². The number of fused-ring (bicyclic) bond motifs is 1. The average Bonchev–Trinajstić information content (AvgIpc) is 3.03. The zero-order valence-corrected chi connectivity index (χ0v) is 13.7. The topological polar surface area (TPSA) is 56.2 Å². The summed E-state index contributed by atoms with van der Waals surface area (Å²) in [7, 11) is 0. The number of benzene rings is 1. The predicted molar refractivity (Wildman–Crippen MR) is 88.0 cm³/mol. The Hall–Kier alpha value is -2.14. The zero-order valence-electron chi connectivity index (χ0n) is 13.7. The first-order chi connectivity index (χ1) is 11.2. The molecule has 3 rings (SSSR count). The van der Waals surface area contributed by atoms with E-state index < -0.39 is 0 Å². The number of carbonyl (C=O) groups is 1. The van der Waals surface area contributed by atoms with Crippen molar-refractivity contribution in [2.45, 2.75) is 52.0 Å². The summed E-state index contributed by atoms with van der Waals surface area (Å²) in [4.78, 5) is 16.7. The Kier molecular flexibility index (Phi) is 4.76. The fourth-order valence-corrected chi connectivity index (χ4v) is 2.93. The lowest BCUT2D eigenvalue weighted by Crippen LogP contribution is -2.35. The fraction of sp³-hybridized carbons (Fsp3) is 0.444. The highest BCUT2D eigenvalue weighted by molar-refractivity contribution is 5.93. The molecule has 23 heavy (non-hydrogen) atoms. The van der Waals surface area contributed by atoms with Gasteiger partial charge in [-0.3, -0.25) is 4.79 Å². The minimum absolute atomic E-state index is 0.00726. The number of nitrogens with zero attached hydrogens (tertiary/aromatic N) is 2. The second-order valence-electron chi connectivity index (χ2n) is 5.89. The van der Waals surface area contributed by atoms with Crippen LogP contribution in [0.5, 0.6) is 0 Å². The van der Waals surface area contributed by atoms with Crippen molar-refractivity contribution in [2.24, 2.45) is 0 Å². The van der Waals surface area contributed by atoms with Gasteiger partial charge in [-0.2, -0.15) is 0 Å². The monoisotopic (exact) mass is 313 g/mol. The Labute approximate surface area is 136 Å². The summed E-state index contributed by atoms with van der Waals surface area (Å²) >= 11 is 0. The van der Waals surface area contributed by atoms with Crippen LogP contribution in [0.15, 0.2) is 36.7 Å². The van der Waals surface area contributed by atoms with Crippen LogP contribution in [-0.2, 0) is 17.9 Å². The average molecular weight is 313 g/mol. The van der Waals surface area contributed by atoms with E-state index in [1.165, 1.54) is 0 Å². The molecule has 5 heteroatoms. The Bertz CT molecular complexity index is 662. The molecule has 0 radical (unpaired) electrons. The van der Waals surface area contributed by atoms with E-state index in [9.17, 15) is 4.79 Å². The maximum Gasteiger partial charge on any atom is 0.272 e. The molecular formula is C18H23N3O2. The Morgan fingerprint density at radius 2 is 2.09 bits per heavy atom.